The first-order chi connectivity index (χ1) is 6.16. The maximum atomic E-state index is 12.4. The van der Waals surface area contributed by atoms with Crippen LogP contribution in [-0.4, -0.2) is 24.7 Å². The fourth-order valence-electron chi connectivity index (χ4n) is 0.908. The molecule has 0 aromatic carbocycles. The van der Waals surface area contributed by atoms with Gasteiger partial charge in [0.05, 0.1) is 6.04 Å². The van der Waals surface area contributed by atoms with Crippen LogP contribution in [0.25, 0.3) is 0 Å². The summed E-state index contributed by atoms with van der Waals surface area (Å²) in [6.07, 6.45) is -5.74. The first-order valence-electron chi connectivity index (χ1n) is 4.16. The molecule has 0 saturated heterocycles. The molecule has 4 N–H and O–H groups in total. The number of nitrogens with two attached hydrogens (primary N) is 2. The molecule has 0 bridgehead atoms. The van der Waals surface area contributed by atoms with Crippen molar-refractivity contribution in [3.05, 3.63) is 0 Å². The van der Waals surface area contributed by atoms with Crippen molar-refractivity contribution in [3.8, 4) is 0 Å². The molecule has 0 heterocycles. The Labute approximate surface area is 81.6 Å². The summed E-state index contributed by atoms with van der Waals surface area (Å²) in [7, 11) is 0. The zero-order chi connectivity index (χ0) is 11.5. The average molecular weight is 210 g/mol. The number of amides is 1. The van der Waals surface area contributed by atoms with Crippen LogP contribution in [0.2, 0.25) is 0 Å². The van der Waals surface area contributed by atoms with Gasteiger partial charge in [-0.25, -0.2) is 13.6 Å². The molecule has 0 fully saturated rings. The van der Waals surface area contributed by atoms with Crippen molar-refractivity contribution in [1.29, 1.82) is 0 Å². The molecule has 6 heteroatoms. The molecule has 2 atom stereocenters. The van der Waals surface area contributed by atoms with E-state index in [1.165, 1.54) is 0 Å². The standard InChI is InChI=1S/C8H16F2N2O2/c1-8(2,3)5(11)4(6(9)10)14-7(12)13/h4-6H,11H2,1-3H3,(H2,12,13)/t4-,5?/m0/s1. The molecule has 0 saturated carbocycles. The van der Waals surface area contributed by atoms with Gasteiger partial charge in [-0.15, -0.1) is 0 Å². The summed E-state index contributed by atoms with van der Waals surface area (Å²) in [5, 5.41) is 0. The van der Waals surface area contributed by atoms with E-state index >= 15 is 0 Å². The van der Waals surface area contributed by atoms with E-state index in [0.29, 0.717) is 0 Å². The minimum atomic E-state index is -2.84. The van der Waals surface area contributed by atoms with Crippen LogP contribution in [0.4, 0.5) is 13.6 Å². The zero-order valence-corrected chi connectivity index (χ0v) is 8.46. The third kappa shape index (κ3) is 3.87. The van der Waals surface area contributed by atoms with Gasteiger partial charge in [0.15, 0.2) is 6.10 Å². The maximum absolute atomic E-state index is 12.4. The van der Waals surface area contributed by atoms with Crippen LogP contribution < -0.4 is 11.5 Å². The van der Waals surface area contributed by atoms with Crippen LogP contribution in [-0.2, 0) is 4.74 Å². The molecule has 14 heavy (non-hydrogen) atoms. The summed E-state index contributed by atoms with van der Waals surface area (Å²) in [6, 6.07) is -0.963. The predicted molar refractivity (Wildman–Crippen MR) is 47.9 cm³/mol. The lowest BCUT2D eigenvalue weighted by molar-refractivity contribution is -0.0454. The van der Waals surface area contributed by atoms with Crippen LogP contribution in [0.5, 0.6) is 0 Å². The molecule has 0 aliphatic heterocycles. The van der Waals surface area contributed by atoms with Crippen molar-refractivity contribution in [2.24, 2.45) is 16.9 Å². The Morgan fingerprint density at radius 3 is 2.00 bits per heavy atom. The predicted octanol–water partition coefficient (Wildman–Crippen LogP) is 1.09. The Balaban J connectivity index is 4.57. The van der Waals surface area contributed by atoms with E-state index in [0.717, 1.165) is 0 Å². The summed E-state index contributed by atoms with van der Waals surface area (Å²) in [5.74, 6) is 0. The number of ether oxygens (including phenoxy) is 1. The molecule has 1 unspecified atom stereocenters. The molecule has 0 aromatic rings. The van der Waals surface area contributed by atoms with E-state index in [4.69, 9.17) is 5.73 Å². The largest absolute Gasteiger partial charge is 0.439 e. The minimum absolute atomic E-state index is 0.587. The van der Waals surface area contributed by atoms with E-state index in [9.17, 15) is 13.6 Å². The van der Waals surface area contributed by atoms with Gasteiger partial charge >= 0.3 is 6.09 Å². The third-order valence-corrected chi connectivity index (χ3v) is 1.85. The second kappa shape index (κ2) is 4.54. The highest BCUT2D eigenvalue weighted by molar-refractivity contribution is 5.64. The number of halogens is 2. The quantitative estimate of drug-likeness (QED) is 0.731. The molecule has 1 amide bonds. The van der Waals surface area contributed by atoms with Crippen LogP contribution in [0.15, 0.2) is 0 Å². The molecule has 0 spiro atoms. The van der Waals surface area contributed by atoms with Gasteiger partial charge in [0.25, 0.3) is 6.43 Å². The van der Waals surface area contributed by atoms with Gasteiger partial charge in [-0.1, -0.05) is 20.8 Å². The smallest absolute Gasteiger partial charge is 0.405 e. The maximum Gasteiger partial charge on any atom is 0.405 e. The van der Waals surface area contributed by atoms with E-state index in [1.807, 2.05) is 0 Å². The van der Waals surface area contributed by atoms with Crippen LogP contribution in [0, 0.1) is 5.41 Å². The number of carbonyl (C=O) groups excluding carboxylic acids is 1. The zero-order valence-electron chi connectivity index (χ0n) is 8.46. The first kappa shape index (κ1) is 13.1. The van der Waals surface area contributed by atoms with Crippen LogP contribution in [0.1, 0.15) is 20.8 Å². The van der Waals surface area contributed by atoms with Crippen molar-refractivity contribution in [3.63, 3.8) is 0 Å². The third-order valence-electron chi connectivity index (χ3n) is 1.85. The molecule has 0 aliphatic rings. The second-order valence-corrected chi connectivity index (χ2v) is 4.13. The summed E-state index contributed by atoms with van der Waals surface area (Å²) in [6.45, 7) is 5.03. The van der Waals surface area contributed by atoms with Crippen molar-refractivity contribution in [2.45, 2.75) is 39.3 Å². The second-order valence-electron chi connectivity index (χ2n) is 4.13. The van der Waals surface area contributed by atoms with E-state index in [-0.39, 0.29) is 0 Å². The van der Waals surface area contributed by atoms with Gasteiger partial charge in [0.2, 0.25) is 0 Å². The number of alkyl halides is 2. The van der Waals surface area contributed by atoms with Crippen molar-refractivity contribution < 1.29 is 18.3 Å². The van der Waals surface area contributed by atoms with Crippen LogP contribution >= 0.6 is 0 Å². The fraction of sp³-hybridized carbons (Fsp3) is 0.875. The fourth-order valence-corrected chi connectivity index (χ4v) is 0.908. The van der Waals surface area contributed by atoms with Crippen molar-refractivity contribution in [1.82, 2.24) is 0 Å². The molecule has 0 aliphatic carbocycles. The minimum Gasteiger partial charge on any atom is -0.439 e. The molecular weight excluding hydrogens is 194 g/mol. The summed E-state index contributed by atoms with van der Waals surface area (Å²) >= 11 is 0. The summed E-state index contributed by atoms with van der Waals surface area (Å²) in [5.41, 5.74) is 9.61. The van der Waals surface area contributed by atoms with Gasteiger partial charge in [-0.3, -0.25) is 0 Å². The topological polar surface area (TPSA) is 78.3 Å². The molecule has 0 radical (unpaired) electrons. The molecular formula is C8H16F2N2O2. The van der Waals surface area contributed by atoms with Gasteiger partial charge in [0, 0.05) is 0 Å². The highest BCUT2D eigenvalue weighted by Gasteiger charge is 2.37. The van der Waals surface area contributed by atoms with Gasteiger partial charge < -0.3 is 16.2 Å². The lowest BCUT2D eigenvalue weighted by Crippen LogP contribution is -2.51. The lowest BCUT2D eigenvalue weighted by atomic mass is 9.84. The number of carbonyl (C=O) groups is 1. The van der Waals surface area contributed by atoms with E-state index < -0.39 is 30.1 Å². The van der Waals surface area contributed by atoms with Crippen molar-refractivity contribution >= 4 is 6.09 Å². The summed E-state index contributed by atoms with van der Waals surface area (Å²) in [4.78, 5) is 10.4. The highest BCUT2D eigenvalue weighted by atomic mass is 19.3. The normalized spacial score (nSPS) is 16.5. The SMILES string of the molecule is CC(C)(C)C(N)[C@H](OC(N)=O)C(F)F. The Morgan fingerprint density at radius 1 is 1.36 bits per heavy atom. The van der Waals surface area contributed by atoms with E-state index in [1.54, 1.807) is 20.8 Å². The Bertz CT molecular complexity index is 204. The molecule has 4 nitrogen and oxygen atoms in total. The monoisotopic (exact) mass is 210 g/mol. The first-order valence-corrected chi connectivity index (χ1v) is 4.16. The number of hydrogen-bond donors (Lipinski definition) is 2. The van der Waals surface area contributed by atoms with Crippen molar-refractivity contribution in [2.75, 3.05) is 0 Å². The molecule has 0 rings (SSSR count). The summed E-state index contributed by atoms with van der Waals surface area (Å²) < 4.78 is 29.1. The van der Waals surface area contributed by atoms with Gasteiger partial charge in [-0.2, -0.15) is 0 Å². The number of primary amides is 1. The molecule has 0 aromatic heterocycles. The average Bonchev–Trinajstić information content (AvgIpc) is 1.96. The molecule has 84 valence electrons. The number of hydrogen-bond acceptors (Lipinski definition) is 3. The van der Waals surface area contributed by atoms with Crippen LogP contribution in [0.3, 0.4) is 0 Å². The van der Waals surface area contributed by atoms with Gasteiger partial charge in [0.1, 0.15) is 0 Å². The Kier molecular flexibility index (Phi) is 4.25. The Morgan fingerprint density at radius 2 is 1.79 bits per heavy atom. The number of rotatable bonds is 3. The van der Waals surface area contributed by atoms with E-state index in [2.05, 4.69) is 10.5 Å². The Hall–Kier alpha value is -0.910. The highest BCUT2D eigenvalue weighted by Crippen LogP contribution is 2.24. The van der Waals surface area contributed by atoms with Gasteiger partial charge in [-0.05, 0) is 5.41 Å². The lowest BCUT2D eigenvalue weighted by Gasteiger charge is -2.32.